The maximum absolute atomic E-state index is 11.8. The molecule has 21 heavy (non-hydrogen) atoms. The molecule has 2 atom stereocenters. The van der Waals surface area contributed by atoms with Gasteiger partial charge < -0.3 is 9.84 Å². The molecular weight excluding hydrogens is 306 g/mol. The summed E-state index contributed by atoms with van der Waals surface area (Å²) >= 11 is 0. The van der Waals surface area contributed by atoms with Crippen LogP contribution in [0, 0.1) is 11.8 Å². The summed E-state index contributed by atoms with van der Waals surface area (Å²) in [5.41, 5.74) is 0. The van der Waals surface area contributed by atoms with E-state index in [1.54, 1.807) is 6.92 Å². The van der Waals surface area contributed by atoms with Gasteiger partial charge in [0.2, 0.25) is 0 Å². The van der Waals surface area contributed by atoms with Crippen LogP contribution in [0.2, 0.25) is 0 Å². The predicted octanol–water partition coefficient (Wildman–Crippen LogP) is 3.71. The van der Waals surface area contributed by atoms with Crippen LogP contribution in [0.5, 0.6) is 0 Å². The first-order chi connectivity index (χ1) is 9.36. The SMILES string of the molecule is CC(CCO)C(F)(F)F.CCOC(=O)CC(C)C(F)(F)F. The molecule has 0 rings (SSSR count). The van der Waals surface area contributed by atoms with Crippen LogP contribution >= 0.6 is 0 Å². The van der Waals surface area contributed by atoms with Crippen LogP contribution < -0.4 is 0 Å². The van der Waals surface area contributed by atoms with Gasteiger partial charge in [0.1, 0.15) is 0 Å². The van der Waals surface area contributed by atoms with Crippen molar-refractivity contribution in [2.45, 2.75) is 46.0 Å². The molecule has 0 aliphatic heterocycles. The Bertz CT molecular complexity index is 288. The molecule has 0 amide bonds. The van der Waals surface area contributed by atoms with E-state index in [0.717, 1.165) is 13.8 Å². The van der Waals surface area contributed by atoms with E-state index in [1.807, 2.05) is 0 Å². The molecule has 2 unspecified atom stereocenters. The largest absolute Gasteiger partial charge is 0.466 e. The van der Waals surface area contributed by atoms with Crippen molar-refractivity contribution in [3.05, 3.63) is 0 Å². The van der Waals surface area contributed by atoms with Gasteiger partial charge in [-0.15, -0.1) is 0 Å². The average molecular weight is 326 g/mol. The van der Waals surface area contributed by atoms with Gasteiger partial charge in [0, 0.05) is 6.61 Å². The van der Waals surface area contributed by atoms with Gasteiger partial charge in [-0.2, -0.15) is 26.3 Å². The minimum absolute atomic E-state index is 0.114. The number of aliphatic hydroxyl groups excluding tert-OH is 1. The summed E-state index contributed by atoms with van der Waals surface area (Å²) in [7, 11) is 0. The quantitative estimate of drug-likeness (QED) is 0.619. The Morgan fingerprint density at radius 1 is 1.05 bits per heavy atom. The molecule has 0 saturated carbocycles. The number of halogens is 6. The number of aliphatic hydroxyl groups is 1. The van der Waals surface area contributed by atoms with Crippen LogP contribution in [-0.4, -0.2) is 36.6 Å². The van der Waals surface area contributed by atoms with Crippen molar-refractivity contribution in [3.8, 4) is 0 Å². The third-order valence-electron chi connectivity index (χ3n) is 2.46. The zero-order valence-electron chi connectivity index (χ0n) is 12.0. The van der Waals surface area contributed by atoms with Crippen molar-refractivity contribution in [2.75, 3.05) is 13.2 Å². The molecule has 0 radical (unpaired) electrons. The first-order valence-electron chi connectivity index (χ1n) is 6.26. The summed E-state index contributed by atoms with van der Waals surface area (Å²) in [6.07, 6.45) is -9.27. The molecule has 0 bridgehead atoms. The fourth-order valence-corrected chi connectivity index (χ4v) is 0.943. The lowest BCUT2D eigenvalue weighted by Gasteiger charge is -2.13. The molecule has 9 heteroatoms. The van der Waals surface area contributed by atoms with Gasteiger partial charge in [-0.1, -0.05) is 13.8 Å². The summed E-state index contributed by atoms with van der Waals surface area (Å²) < 4.78 is 74.5. The van der Waals surface area contributed by atoms with E-state index in [2.05, 4.69) is 4.74 Å². The Morgan fingerprint density at radius 3 is 1.71 bits per heavy atom. The van der Waals surface area contributed by atoms with Crippen LogP contribution in [0.4, 0.5) is 26.3 Å². The normalized spacial score (nSPS) is 14.8. The molecule has 0 spiro atoms. The first-order valence-corrected chi connectivity index (χ1v) is 6.26. The van der Waals surface area contributed by atoms with Crippen molar-refractivity contribution >= 4 is 5.97 Å². The molecule has 0 fully saturated rings. The molecule has 0 aromatic rings. The summed E-state index contributed by atoms with van der Waals surface area (Å²) in [6.45, 7) is 3.27. The molecule has 0 heterocycles. The smallest absolute Gasteiger partial charge is 0.392 e. The Balaban J connectivity index is 0. The zero-order valence-corrected chi connectivity index (χ0v) is 12.0. The zero-order chi connectivity index (χ0) is 17.3. The van der Waals surface area contributed by atoms with Crippen LogP contribution in [-0.2, 0) is 9.53 Å². The van der Waals surface area contributed by atoms with Crippen molar-refractivity contribution < 1.29 is 41.0 Å². The second-order valence-electron chi connectivity index (χ2n) is 4.41. The lowest BCUT2D eigenvalue weighted by atomic mass is 10.1. The highest BCUT2D eigenvalue weighted by molar-refractivity contribution is 5.69. The summed E-state index contributed by atoms with van der Waals surface area (Å²) in [6, 6.07) is 0. The minimum Gasteiger partial charge on any atom is -0.466 e. The minimum atomic E-state index is -4.31. The molecular formula is C12H20F6O3. The molecule has 0 aromatic heterocycles. The lowest BCUT2D eigenvalue weighted by molar-refractivity contribution is -0.180. The number of rotatable bonds is 5. The van der Waals surface area contributed by atoms with Crippen LogP contribution in [0.3, 0.4) is 0 Å². The van der Waals surface area contributed by atoms with Gasteiger partial charge in [-0.25, -0.2) is 0 Å². The van der Waals surface area contributed by atoms with E-state index in [4.69, 9.17) is 5.11 Å². The van der Waals surface area contributed by atoms with Crippen molar-refractivity contribution in [1.29, 1.82) is 0 Å². The monoisotopic (exact) mass is 326 g/mol. The van der Waals surface area contributed by atoms with Gasteiger partial charge in [0.05, 0.1) is 24.9 Å². The van der Waals surface area contributed by atoms with Crippen molar-refractivity contribution in [1.82, 2.24) is 0 Å². The van der Waals surface area contributed by atoms with E-state index in [0.29, 0.717) is 0 Å². The number of carbonyl (C=O) groups excluding carboxylic acids is 1. The third kappa shape index (κ3) is 12.5. The Hall–Kier alpha value is -0.990. The maximum atomic E-state index is 11.8. The molecule has 0 aromatic carbocycles. The van der Waals surface area contributed by atoms with Gasteiger partial charge in [0.15, 0.2) is 0 Å². The molecule has 1 N–H and O–H groups in total. The second kappa shape index (κ2) is 9.86. The Labute approximate surface area is 119 Å². The van der Waals surface area contributed by atoms with Crippen LogP contribution in [0.25, 0.3) is 0 Å². The lowest BCUT2D eigenvalue weighted by Crippen LogP contribution is -2.23. The molecule has 128 valence electrons. The highest BCUT2D eigenvalue weighted by Gasteiger charge is 2.37. The third-order valence-corrected chi connectivity index (χ3v) is 2.46. The molecule has 3 nitrogen and oxygen atoms in total. The van der Waals surface area contributed by atoms with E-state index in [-0.39, 0.29) is 13.0 Å². The fraction of sp³-hybridized carbons (Fsp3) is 0.917. The van der Waals surface area contributed by atoms with Crippen molar-refractivity contribution in [3.63, 3.8) is 0 Å². The molecule has 0 aliphatic carbocycles. The van der Waals surface area contributed by atoms with E-state index in [1.165, 1.54) is 0 Å². The van der Waals surface area contributed by atoms with Crippen LogP contribution in [0.15, 0.2) is 0 Å². The number of ether oxygens (including phenoxy) is 1. The molecule has 0 saturated heterocycles. The molecule has 0 aliphatic rings. The number of alkyl halides is 6. The topological polar surface area (TPSA) is 46.5 Å². The standard InChI is InChI=1S/C7H11F3O2.C5H9F3O/c1-3-12-6(11)4-5(2)7(8,9)10;1-4(2-3-9)5(6,7)8/h5H,3-4H2,1-2H3;4,9H,2-3H2,1H3. The average Bonchev–Trinajstić information content (AvgIpc) is 2.27. The number of carbonyl (C=O) groups is 1. The number of hydrogen-bond donors (Lipinski definition) is 1. The van der Waals surface area contributed by atoms with Gasteiger partial charge in [0.25, 0.3) is 0 Å². The summed E-state index contributed by atoms with van der Waals surface area (Å²) in [5, 5.41) is 8.10. The Morgan fingerprint density at radius 2 is 1.48 bits per heavy atom. The number of hydrogen-bond acceptors (Lipinski definition) is 3. The first kappa shape index (κ1) is 22.3. The van der Waals surface area contributed by atoms with Gasteiger partial charge in [-0.3, -0.25) is 4.79 Å². The van der Waals surface area contributed by atoms with E-state index >= 15 is 0 Å². The summed E-state index contributed by atoms with van der Waals surface area (Å²) in [4.78, 5) is 10.6. The van der Waals surface area contributed by atoms with E-state index in [9.17, 15) is 31.1 Å². The highest BCUT2D eigenvalue weighted by Crippen LogP contribution is 2.28. The second-order valence-corrected chi connectivity index (χ2v) is 4.41. The van der Waals surface area contributed by atoms with Gasteiger partial charge in [-0.05, 0) is 13.3 Å². The van der Waals surface area contributed by atoms with Gasteiger partial charge >= 0.3 is 18.3 Å². The van der Waals surface area contributed by atoms with Crippen molar-refractivity contribution in [2.24, 2.45) is 11.8 Å². The number of esters is 1. The highest BCUT2D eigenvalue weighted by atomic mass is 19.4. The summed E-state index contributed by atoms with van der Waals surface area (Å²) in [5.74, 6) is -3.82. The maximum Gasteiger partial charge on any atom is 0.392 e. The Kier molecular flexibility index (Phi) is 10.5. The fourth-order valence-electron chi connectivity index (χ4n) is 0.943. The predicted molar refractivity (Wildman–Crippen MR) is 63.4 cm³/mol. The van der Waals surface area contributed by atoms with Crippen LogP contribution in [0.1, 0.15) is 33.6 Å². The van der Waals surface area contributed by atoms with E-state index < -0.39 is 43.2 Å².